The highest BCUT2D eigenvalue weighted by molar-refractivity contribution is 7.80. The molecule has 1 aliphatic heterocycles. The van der Waals surface area contributed by atoms with Gasteiger partial charge in [-0.3, -0.25) is 9.69 Å². The van der Waals surface area contributed by atoms with E-state index in [-0.39, 0.29) is 5.56 Å². The molecule has 1 saturated heterocycles. The number of aromatic nitrogens is 1. The number of nitrogens with one attached hydrogen (secondary N) is 2. The van der Waals surface area contributed by atoms with E-state index in [4.69, 9.17) is 17.0 Å². The molecular formula is C26H32N4O2S. The van der Waals surface area contributed by atoms with Crippen molar-refractivity contribution in [3.8, 4) is 0 Å². The van der Waals surface area contributed by atoms with E-state index in [1.807, 2.05) is 30.3 Å². The van der Waals surface area contributed by atoms with Crippen LogP contribution in [0.1, 0.15) is 22.3 Å². The van der Waals surface area contributed by atoms with Crippen LogP contribution in [-0.2, 0) is 17.8 Å². The van der Waals surface area contributed by atoms with E-state index in [9.17, 15) is 4.79 Å². The van der Waals surface area contributed by atoms with E-state index in [1.165, 1.54) is 16.7 Å². The number of aryl methyl sites for hydroxylation is 2. The molecule has 6 nitrogen and oxygen atoms in total. The van der Waals surface area contributed by atoms with Crippen molar-refractivity contribution >= 4 is 28.2 Å². The van der Waals surface area contributed by atoms with Crippen LogP contribution in [0.4, 0.5) is 0 Å². The number of aromatic amines is 1. The van der Waals surface area contributed by atoms with Crippen molar-refractivity contribution in [3.05, 3.63) is 81.1 Å². The Balaban J connectivity index is 1.52. The largest absolute Gasteiger partial charge is 0.379 e. The van der Waals surface area contributed by atoms with Gasteiger partial charge in [0.1, 0.15) is 0 Å². The third kappa shape index (κ3) is 6.19. The van der Waals surface area contributed by atoms with Gasteiger partial charge in [-0.05, 0) is 66.3 Å². The summed E-state index contributed by atoms with van der Waals surface area (Å²) in [5.74, 6) is 0. The van der Waals surface area contributed by atoms with E-state index in [2.05, 4.69) is 52.1 Å². The molecule has 1 aliphatic rings. The average molecular weight is 465 g/mol. The van der Waals surface area contributed by atoms with Gasteiger partial charge < -0.3 is 19.9 Å². The van der Waals surface area contributed by atoms with E-state index in [0.717, 1.165) is 55.9 Å². The number of benzene rings is 2. The monoisotopic (exact) mass is 464 g/mol. The van der Waals surface area contributed by atoms with Crippen LogP contribution in [0.25, 0.3) is 10.9 Å². The minimum absolute atomic E-state index is 0.0621. The summed E-state index contributed by atoms with van der Waals surface area (Å²) in [6, 6.07) is 16.4. The van der Waals surface area contributed by atoms with Crippen molar-refractivity contribution in [2.45, 2.75) is 26.9 Å². The number of nitrogens with zero attached hydrogens (tertiary/aromatic N) is 2. The molecule has 0 spiro atoms. The van der Waals surface area contributed by atoms with Gasteiger partial charge >= 0.3 is 0 Å². The third-order valence-electron chi connectivity index (χ3n) is 6.26. The number of fused-ring (bicyclic) bond motifs is 1. The zero-order valence-corrected chi connectivity index (χ0v) is 20.2. The molecule has 33 heavy (non-hydrogen) atoms. The first-order chi connectivity index (χ1) is 16.0. The molecule has 1 fully saturated rings. The van der Waals surface area contributed by atoms with Crippen LogP contribution in [0, 0.1) is 13.8 Å². The van der Waals surface area contributed by atoms with Gasteiger partial charge in [0.25, 0.3) is 5.56 Å². The van der Waals surface area contributed by atoms with E-state index < -0.39 is 0 Å². The number of thiocarbonyl (C=S) groups is 1. The molecule has 0 atom stereocenters. The van der Waals surface area contributed by atoms with Gasteiger partial charge in [0.05, 0.1) is 19.8 Å². The highest BCUT2D eigenvalue weighted by atomic mass is 32.1. The first-order valence-corrected chi connectivity index (χ1v) is 11.9. The number of hydrogen-bond acceptors (Lipinski definition) is 4. The molecule has 0 unspecified atom stereocenters. The first kappa shape index (κ1) is 23.4. The molecule has 2 N–H and O–H groups in total. The Hall–Kier alpha value is -2.74. The van der Waals surface area contributed by atoms with Crippen molar-refractivity contribution in [1.29, 1.82) is 0 Å². The smallest absolute Gasteiger partial charge is 0.253 e. The predicted octanol–water partition coefficient (Wildman–Crippen LogP) is 3.35. The van der Waals surface area contributed by atoms with E-state index >= 15 is 0 Å². The van der Waals surface area contributed by atoms with E-state index in [0.29, 0.717) is 18.2 Å². The number of morpholine rings is 1. The summed E-state index contributed by atoms with van der Waals surface area (Å²) < 4.78 is 5.47. The van der Waals surface area contributed by atoms with Crippen molar-refractivity contribution < 1.29 is 4.74 Å². The third-order valence-corrected chi connectivity index (χ3v) is 6.66. The highest BCUT2D eigenvalue weighted by Crippen LogP contribution is 2.18. The van der Waals surface area contributed by atoms with Crippen LogP contribution in [0.2, 0.25) is 0 Å². The molecule has 0 saturated carbocycles. The van der Waals surface area contributed by atoms with Gasteiger partial charge in [-0.25, -0.2) is 0 Å². The fourth-order valence-corrected chi connectivity index (χ4v) is 4.30. The van der Waals surface area contributed by atoms with Crippen molar-refractivity contribution in [2.75, 3.05) is 39.4 Å². The standard InChI is InChI=1S/C26H32N4O2S/c1-19-14-22-16-23(25(31)28-24(22)15-20(19)2)18-30(9-8-29-10-12-32-13-11-29)26(33)27-17-21-6-4-3-5-7-21/h3-7,14-16H,8-13,17-18H2,1-2H3,(H,27,33)(H,28,31). The first-order valence-electron chi connectivity index (χ1n) is 11.5. The number of pyridine rings is 1. The topological polar surface area (TPSA) is 60.6 Å². The molecule has 0 aliphatic carbocycles. The van der Waals surface area contributed by atoms with Crippen LogP contribution >= 0.6 is 12.2 Å². The number of ether oxygens (including phenoxy) is 1. The van der Waals surface area contributed by atoms with E-state index in [1.54, 1.807) is 0 Å². The van der Waals surface area contributed by atoms with Crippen molar-refractivity contribution in [1.82, 2.24) is 20.1 Å². The Bertz CT molecular complexity index is 1160. The maximum Gasteiger partial charge on any atom is 0.253 e. The minimum Gasteiger partial charge on any atom is -0.379 e. The molecule has 2 aromatic carbocycles. The molecule has 1 aromatic heterocycles. The molecule has 0 bridgehead atoms. The average Bonchev–Trinajstić information content (AvgIpc) is 2.83. The maximum atomic E-state index is 12.9. The summed E-state index contributed by atoms with van der Waals surface area (Å²) >= 11 is 5.78. The van der Waals surface area contributed by atoms with Crippen LogP contribution in [-0.4, -0.2) is 59.3 Å². The zero-order valence-electron chi connectivity index (χ0n) is 19.4. The number of hydrogen-bond donors (Lipinski definition) is 2. The Morgan fingerprint density at radius 1 is 1.12 bits per heavy atom. The molecule has 2 heterocycles. The van der Waals surface area contributed by atoms with Gasteiger partial charge in [0, 0.05) is 43.8 Å². The predicted molar refractivity (Wildman–Crippen MR) is 138 cm³/mol. The summed E-state index contributed by atoms with van der Waals surface area (Å²) in [4.78, 5) is 20.4. The molecule has 4 rings (SSSR count). The second kappa shape index (κ2) is 10.9. The minimum atomic E-state index is -0.0621. The fraction of sp³-hybridized carbons (Fsp3) is 0.385. The summed E-state index contributed by atoms with van der Waals surface area (Å²) in [5.41, 5.74) is 5.08. The van der Waals surface area contributed by atoms with Crippen molar-refractivity contribution in [2.24, 2.45) is 0 Å². The Kier molecular flexibility index (Phi) is 7.75. The Morgan fingerprint density at radius 2 is 1.85 bits per heavy atom. The van der Waals surface area contributed by atoms with Crippen molar-refractivity contribution in [3.63, 3.8) is 0 Å². The van der Waals surface area contributed by atoms with Crippen LogP contribution in [0.15, 0.2) is 53.3 Å². The van der Waals surface area contributed by atoms with Crippen LogP contribution < -0.4 is 10.9 Å². The number of rotatable bonds is 7. The summed E-state index contributed by atoms with van der Waals surface area (Å²) in [7, 11) is 0. The Morgan fingerprint density at radius 3 is 2.61 bits per heavy atom. The lowest BCUT2D eigenvalue weighted by molar-refractivity contribution is 0.0357. The molecule has 174 valence electrons. The molecule has 0 amide bonds. The number of H-pyrrole nitrogens is 1. The Labute approximate surface area is 200 Å². The summed E-state index contributed by atoms with van der Waals surface area (Å²) in [6.45, 7) is 10.3. The summed E-state index contributed by atoms with van der Waals surface area (Å²) in [5, 5.41) is 5.09. The van der Waals surface area contributed by atoms with Gasteiger partial charge in [-0.1, -0.05) is 30.3 Å². The highest BCUT2D eigenvalue weighted by Gasteiger charge is 2.17. The van der Waals surface area contributed by atoms with Crippen LogP contribution in [0.5, 0.6) is 0 Å². The summed E-state index contributed by atoms with van der Waals surface area (Å²) in [6.07, 6.45) is 0. The lowest BCUT2D eigenvalue weighted by Crippen LogP contribution is -2.46. The molecular weight excluding hydrogens is 432 g/mol. The molecule has 3 aromatic rings. The normalized spacial score (nSPS) is 14.4. The lowest BCUT2D eigenvalue weighted by atomic mass is 10.0. The second-order valence-corrected chi connectivity index (χ2v) is 9.05. The van der Waals surface area contributed by atoms with Gasteiger partial charge in [0.2, 0.25) is 0 Å². The van der Waals surface area contributed by atoms with Gasteiger partial charge in [0.15, 0.2) is 5.11 Å². The molecule has 7 heteroatoms. The second-order valence-electron chi connectivity index (χ2n) is 8.67. The maximum absolute atomic E-state index is 12.9. The lowest BCUT2D eigenvalue weighted by Gasteiger charge is -2.31. The van der Waals surface area contributed by atoms with Gasteiger partial charge in [-0.2, -0.15) is 0 Å². The SMILES string of the molecule is Cc1cc2cc(CN(CCN3CCOCC3)C(=S)NCc3ccccc3)c(=O)[nH]c2cc1C. The zero-order chi connectivity index (χ0) is 23.2. The quantitative estimate of drug-likeness (QED) is 0.523. The fourth-order valence-electron chi connectivity index (χ4n) is 4.07. The van der Waals surface area contributed by atoms with Crippen LogP contribution in [0.3, 0.4) is 0 Å². The van der Waals surface area contributed by atoms with Gasteiger partial charge in [-0.15, -0.1) is 0 Å². The molecule has 0 radical (unpaired) electrons.